The van der Waals surface area contributed by atoms with E-state index in [1.807, 2.05) is 18.2 Å². The Kier molecular flexibility index (Phi) is 7.39. The highest BCUT2D eigenvalue weighted by molar-refractivity contribution is 7.80. The predicted octanol–water partition coefficient (Wildman–Crippen LogP) is 5.62. The Labute approximate surface area is 212 Å². The van der Waals surface area contributed by atoms with Crippen LogP contribution in [0.1, 0.15) is 16.7 Å². The number of para-hydroxylation sites is 1. The smallest absolute Gasteiger partial charge is 0.270 e. The van der Waals surface area contributed by atoms with E-state index < -0.39 is 17.6 Å². The molecule has 0 aliphatic carbocycles. The molecule has 1 N–H and O–H groups in total. The van der Waals surface area contributed by atoms with Gasteiger partial charge in [-0.15, -0.1) is 6.58 Å². The van der Waals surface area contributed by atoms with Gasteiger partial charge < -0.3 is 4.74 Å². The molecule has 2 amide bonds. The first kappa shape index (κ1) is 24.3. The van der Waals surface area contributed by atoms with Gasteiger partial charge in [0.1, 0.15) is 23.7 Å². The average molecular weight is 507 g/mol. The minimum Gasteiger partial charge on any atom is -0.489 e. The fourth-order valence-electron chi connectivity index (χ4n) is 3.59. The predicted molar refractivity (Wildman–Crippen MR) is 139 cm³/mol. The second-order valence-corrected chi connectivity index (χ2v) is 8.44. The zero-order valence-corrected chi connectivity index (χ0v) is 20.0. The first-order valence-electron chi connectivity index (χ1n) is 10.6. The quantitative estimate of drug-likeness (QED) is 0.196. The molecule has 5 nitrogen and oxygen atoms in total. The summed E-state index contributed by atoms with van der Waals surface area (Å²) in [5, 5.41) is 2.89. The number of rotatable bonds is 7. The molecular formula is C27H20ClFN2O3S. The Balaban J connectivity index is 1.64. The number of thiocarbonyl (C=S) groups is 1. The lowest BCUT2D eigenvalue weighted by molar-refractivity contribution is -0.122. The molecule has 35 heavy (non-hydrogen) atoms. The van der Waals surface area contributed by atoms with Crippen molar-refractivity contribution < 1.29 is 18.7 Å². The van der Waals surface area contributed by atoms with Crippen LogP contribution in [0.2, 0.25) is 5.02 Å². The van der Waals surface area contributed by atoms with E-state index in [-0.39, 0.29) is 23.0 Å². The molecule has 1 fully saturated rings. The largest absolute Gasteiger partial charge is 0.489 e. The van der Waals surface area contributed by atoms with Crippen LogP contribution in [0.15, 0.2) is 85.0 Å². The van der Waals surface area contributed by atoms with E-state index in [1.165, 1.54) is 24.3 Å². The zero-order chi connectivity index (χ0) is 24.9. The van der Waals surface area contributed by atoms with E-state index in [1.54, 1.807) is 36.4 Å². The summed E-state index contributed by atoms with van der Waals surface area (Å²) in [6.07, 6.45) is 3.67. The molecule has 0 aromatic heterocycles. The van der Waals surface area contributed by atoms with Gasteiger partial charge in [-0.25, -0.2) is 9.29 Å². The van der Waals surface area contributed by atoms with Crippen molar-refractivity contribution in [1.29, 1.82) is 0 Å². The minimum atomic E-state index is -0.715. The number of nitrogens with zero attached hydrogens (tertiary/aromatic N) is 1. The third-order valence-corrected chi connectivity index (χ3v) is 5.95. The van der Waals surface area contributed by atoms with Gasteiger partial charge in [0.25, 0.3) is 11.8 Å². The Bertz CT molecular complexity index is 1370. The van der Waals surface area contributed by atoms with Crippen LogP contribution in [0.5, 0.6) is 5.75 Å². The summed E-state index contributed by atoms with van der Waals surface area (Å²) in [5.74, 6) is -1.38. The molecule has 0 unspecified atom stereocenters. The summed E-state index contributed by atoms with van der Waals surface area (Å²) in [7, 11) is 0. The van der Waals surface area contributed by atoms with Gasteiger partial charge in [-0.2, -0.15) is 0 Å². The van der Waals surface area contributed by atoms with Crippen molar-refractivity contribution in [2.75, 3.05) is 4.90 Å². The molecule has 3 aromatic rings. The van der Waals surface area contributed by atoms with Crippen LogP contribution in [0, 0.1) is 5.82 Å². The monoisotopic (exact) mass is 506 g/mol. The second kappa shape index (κ2) is 10.6. The SMILES string of the molecule is C=CCc1cc(/C=C2\C(=O)NC(=S)N(c3ccccc3F)C2=O)ccc1OCc1ccccc1Cl. The highest BCUT2D eigenvalue weighted by Crippen LogP contribution is 2.27. The Morgan fingerprint density at radius 3 is 2.54 bits per heavy atom. The molecule has 0 radical (unpaired) electrons. The molecule has 3 aromatic carbocycles. The van der Waals surface area contributed by atoms with Gasteiger partial charge in [-0.3, -0.25) is 14.9 Å². The first-order chi connectivity index (χ1) is 16.9. The summed E-state index contributed by atoms with van der Waals surface area (Å²) >= 11 is 11.4. The van der Waals surface area contributed by atoms with Crippen molar-refractivity contribution in [3.05, 3.63) is 112 Å². The molecule has 1 saturated heterocycles. The van der Waals surface area contributed by atoms with E-state index >= 15 is 0 Å². The number of carbonyl (C=O) groups is 2. The molecule has 1 aliphatic heterocycles. The Morgan fingerprint density at radius 2 is 1.80 bits per heavy atom. The van der Waals surface area contributed by atoms with Gasteiger partial charge in [0, 0.05) is 10.6 Å². The second-order valence-electron chi connectivity index (χ2n) is 7.65. The van der Waals surface area contributed by atoms with Gasteiger partial charge in [0.05, 0.1) is 5.69 Å². The molecule has 1 aliphatic rings. The zero-order valence-electron chi connectivity index (χ0n) is 18.5. The number of hydrogen-bond donors (Lipinski definition) is 1. The maximum absolute atomic E-state index is 14.4. The van der Waals surface area contributed by atoms with E-state index in [0.717, 1.165) is 16.0 Å². The van der Waals surface area contributed by atoms with Crippen molar-refractivity contribution in [2.24, 2.45) is 0 Å². The number of benzene rings is 3. The van der Waals surface area contributed by atoms with Crippen molar-refractivity contribution in [3.8, 4) is 5.75 Å². The van der Waals surface area contributed by atoms with Crippen LogP contribution in [-0.2, 0) is 22.6 Å². The third-order valence-electron chi connectivity index (χ3n) is 5.30. The van der Waals surface area contributed by atoms with Crippen LogP contribution in [0.4, 0.5) is 10.1 Å². The van der Waals surface area contributed by atoms with Crippen LogP contribution in [-0.4, -0.2) is 16.9 Å². The number of anilines is 1. The highest BCUT2D eigenvalue weighted by Gasteiger charge is 2.35. The summed E-state index contributed by atoms with van der Waals surface area (Å²) in [5.41, 5.74) is 2.04. The highest BCUT2D eigenvalue weighted by atomic mass is 35.5. The normalized spacial score (nSPS) is 14.7. The Morgan fingerprint density at radius 1 is 1.06 bits per heavy atom. The van der Waals surface area contributed by atoms with Crippen molar-refractivity contribution >= 4 is 52.5 Å². The molecule has 0 bridgehead atoms. The number of hydrogen-bond acceptors (Lipinski definition) is 4. The van der Waals surface area contributed by atoms with Gasteiger partial charge >= 0.3 is 0 Å². The summed E-state index contributed by atoms with van der Waals surface area (Å²) < 4.78 is 20.3. The molecule has 0 atom stereocenters. The van der Waals surface area contributed by atoms with E-state index in [2.05, 4.69) is 11.9 Å². The van der Waals surface area contributed by atoms with Crippen molar-refractivity contribution in [2.45, 2.75) is 13.0 Å². The number of carbonyl (C=O) groups excluding carboxylic acids is 2. The topological polar surface area (TPSA) is 58.6 Å². The first-order valence-corrected chi connectivity index (χ1v) is 11.4. The van der Waals surface area contributed by atoms with Gasteiger partial charge in [0.15, 0.2) is 5.11 Å². The number of ether oxygens (including phenoxy) is 1. The third kappa shape index (κ3) is 5.31. The number of allylic oxidation sites excluding steroid dienone is 1. The number of nitrogens with one attached hydrogen (secondary N) is 1. The summed E-state index contributed by atoms with van der Waals surface area (Å²) in [6.45, 7) is 4.07. The molecule has 0 saturated carbocycles. The van der Waals surface area contributed by atoms with Gasteiger partial charge in [-0.1, -0.05) is 54.1 Å². The maximum atomic E-state index is 14.4. The number of halogens is 2. The number of amides is 2. The average Bonchev–Trinajstić information content (AvgIpc) is 2.83. The van der Waals surface area contributed by atoms with Crippen molar-refractivity contribution in [1.82, 2.24) is 5.32 Å². The van der Waals surface area contributed by atoms with Crippen LogP contribution in [0.25, 0.3) is 6.08 Å². The summed E-state index contributed by atoms with van der Waals surface area (Å²) in [4.78, 5) is 26.7. The lowest BCUT2D eigenvalue weighted by Crippen LogP contribution is -2.54. The standard InChI is InChI=1S/C27H20ClFN2O3S/c1-2-7-18-14-17(12-13-24(18)34-16-19-8-3-4-9-21(19)28)15-20-25(32)30-27(35)31(26(20)33)23-11-6-5-10-22(23)29/h2-6,8-15H,1,7,16H2,(H,30,32,35)/b20-15+. The summed E-state index contributed by atoms with van der Waals surface area (Å²) in [6, 6.07) is 18.4. The van der Waals surface area contributed by atoms with Gasteiger partial charge in [-0.05, 0) is 66.2 Å². The van der Waals surface area contributed by atoms with E-state index in [4.69, 9.17) is 28.6 Å². The van der Waals surface area contributed by atoms with Crippen LogP contribution in [0.3, 0.4) is 0 Å². The molecular weight excluding hydrogens is 487 g/mol. The molecule has 176 valence electrons. The fourth-order valence-corrected chi connectivity index (χ4v) is 4.06. The molecule has 0 spiro atoms. The van der Waals surface area contributed by atoms with E-state index in [9.17, 15) is 14.0 Å². The van der Waals surface area contributed by atoms with E-state index in [0.29, 0.717) is 22.8 Å². The lowest BCUT2D eigenvalue weighted by atomic mass is 10.0. The Hall–Kier alpha value is -3.81. The molecule has 8 heteroatoms. The van der Waals surface area contributed by atoms with Crippen LogP contribution < -0.4 is 15.0 Å². The van der Waals surface area contributed by atoms with Gasteiger partial charge in [0.2, 0.25) is 0 Å². The maximum Gasteiger partial charge on any atom is 0.270 e. The molecule has 1 heterocycles. The minimum absolute atomic E-state index is 0.0379. The fraction of sp³-hybridized carbons (Fsp3) is 0.0741. The molecule has 4 rings (SSSR count). The van der Waals surface area contributed by atoms with Crippen LogP contribution >= 0.6 is 23.8 Å². The lowest BCUT2D eigenvalue weighted by Gasteiger charge is -2.29. The van der Waals surface area contributed by atoms with Crippen molar-refractivity contribution in [3.63, 3.8) is 0 Å².